The van der Waals surface area contributed by atoms with E-state index in [1.165, 1.54) is 0 Å². The minimum Gasteiger partial charge on any atom is -0.307 e. The van der Waals surface area contributed by atoms with Crippen molar-refractivity contribution in [2.75, 3.05) is 11.4 Å². The van der Waals surface area contributed by atoms with E-state index in [2.05, 4.69) is 5.32 Å². The number of benzene rings is 2. The summed E-state index contributed by atoms with van der Waals surface area (Å²) in [6, 6.07) is 12.0. The van der Waals surface area contributed by atoms with Crippen molar-refractivity contribution in [3.05, 3.63) is 53.1 Å². The summed E-state index contributed by atoms with van der Waals surface area (Å²) in [4.78, 5) is 36.8. The molecule has 0 saturated carbocycles. The Bertz CT molecular complexity index is 1020. The molecule has 2 fully saturated rings. The number of alkyl halides is 2. The highest BCUT2D eigenvalue weighted by Gasteiger charge is 2.45. The van der Waals surface area contributed by atoms with Gasteiger partial charge in [0.25, 0.3) is 5.91 Å². The van der Waals surface area contributed by atoms with E-state index in [-0.39, 0.29) is 31.2 Å². The van der Waals surface area contributed by atoms with Crippen LogP contribution in [0.2, 0.25) is 5.02 Å². The minimum atomic E-state index is -3.34. The molecule has 3 amide bonds. The van der Waals surface area contributed by atoms with E-state index in [4.69, 9.17) is 11.6 Å². The first kappa shape index (κ1) is 20.5. The second-order valence-electron chi connectivity index (χ2n) is 7.52. The maximum Gasteiger partial charge on any atom is 0.325 e. The number of hydrogen-bond donors (Lipinski definition) is 1. The van der Waals surface area contributed by atoms with Gasteiger partial charge in [-0.3, -0.25) is 19.7 Å². The quantitative estimate of drug-likeness (QED) is 0.736. The van der Waals surface area contributed by atoms with Gasteiger partial charge in [-0.1, -0.05) is 41.9 Å². The number of carbonyl (C=O) groups is 3. The highest BCUT2D eigenvalue weighted by atomic mass is 35.5. The fraction of sp³-hybridized carbons (Fsp3) is 0.318. The zero-order valence-electron chi connectivity index (χ0n) is 16.0. The molecule has 0 aliphatic carbocycles. The molecular weight excluding hydrogens is 414 g/mol. The van der Waals surface area contributed by atoms with E-state index < -0.39 is 24.2 Å². The number of carbonyl (C=O) groups excluding carboxylic acids is 3. The summed E-state index contributed by atoms with van der Waals surface area (Å²) in [5, 5.41) is 2.74. The van der Waals surface area contributed by atoms with Crippen LogP contribution >= 0.6 is 11.6 Å². The second kappa shape index (κ2) is 7.80. The van der Waals surface area contributed by atoms with Crippen molar-refractivity contribution in [2.24, 2.45) is 0 Å². The van der Waals surface area contributed by atoms with Gasteiger partial charge in [-0.15, -0.1) is 0 Å². The van der Waals surface area contributed by atoms with Crippen LogP contribution in [0.3, 0.4) is 0 Å². The normalized spacial score (nSPS) is 21.5. The van der Waals surface area contributed by atoms with Crippen LogP contribution in [0.5, 0.6) is 0 Å². The summed E-state index contributed by atoms with van der Waals surface area (Å²) in [7, 11) is 0. The Kier molecular flexibility index (Phi) is 5.32. The number of hydrogen-bond acceptors (Lipinski definition) is 3. The maximum atomic E-state index is 13.7. The smallest absolute Gasteiger partial charge is 0.307 e. The predicted molar refractivity (Wildman–Crippen MR) is 109 cm³/mol. The fourth-order valence-electron chi connectivity index (χ4n) is 3.96. The van der Waals surface area contributed by atoms with Crippen LogP contribution in [0.1, 0.15) is 37.2 Å². The first-order chi connectivity index (χ1) is 14.3. The van der Waals surface area contributed by atoms with E-state index in [9.17, 15) is 23.2 Å². The van der Waals surface area contributed by atoms with E-state index in [1.54, 1.807) is 42.5 Å². The topological polar surface area (TPSA) is 66.5 Å². The summed E-state index contributed by atoms with van der Waals surface area (Å²) in [6.07, 6.45) is 0.446. The number of amides is 3. The maximum absolute atomic E-state index is 13.7. The van der Waals surface area contributed by atoms with Crippen molar-refractivity contribution in [1.82, 2.24) is 5.32 Å². The second-order valence-corrected chi connectivity index (χ2v) is 7.90. The molecular formula is C22H19ClF2N2O3. The molecule has 0 aromatic heterocycles. The summed E-state index contributed by atoms with van der Waals surface area (Å²) >= 11 is 6.60. The van der Waals surface area contributed by atoms with Crippen LogP contribution in [0, 0.1) is 0 Å². The van der Waals surface area contributed by atoms with Crippen LogP contribution in [-0.2, 0) is 14.4 Å². The molecule has 0 spiro atoms. The van der Waals surface area contributed by atoms with E-state index in [1.807, 2.05) is 0 Å². The molecule has 2 aromatic carbocycles. The molecule has 2 aromatic rings. The van der Waals surface area contributed by atoms with Gasteiger partial charge in [0.05, 0.1) is 10.9 Å². The third kappa shape index (κ3) is 3.69. The van der Waals surface area contributed by atoms with Crippen molar-refractivity contribution >= 4 is 35.0 Å². The van der Waals surface area contributed by atoms with Crippen LogP contribution in [0.15, 0.2) is 42.5 Å². The summed E-state index contributed by atoms with van der Waals surface area (Å²) in [6.45, 7) is 0.250. The highest BCUT2D eigenvalue weighted by molar-refractivity contribution is 6.34. The number of nitrogens with zero attached hydrogens (tertiary/aromatic N) is 1. The first-order valence-electron chi connectivity index (χ1n) is 9.70. The third-order valence-electron chi connectivity index (χ3n) is 5.56. The lowest BCUT2D eigenvalue weighted by Crippen LogP contribution is -2.48. The standard InChI is InChI=1S/C22H19ClF2N2O3/c23-19-15(3-1-4-16(19)17-9-10-18(28)26-20(17)29)13-5-7-14(8-6-13)27-12-2-11-22(24,25)21(27)30/h1,3-8,17H,2,9-12H2,(H,26,28,29)/t17-/m0/s1. The SMILES string of the molecule is O=C1CC[C@@H](c2cccc(-c3ccc(N4CCCC(F)(F)C4=O)cc3)c2Cl)C(=O)N1. The molecule has 2 aliphatic heterocycles. The minimum absolute atomic E-state index is 0.236. The lowest BCUT2D eigenvalue weighted by atomic mass is 9.88. The van der Waals surface area contributed by atoms with E-state index in [0.717, 1.165) is 10.5 Å². The van der Waals surface area contributed by atoms with E-state index >= 15 is 0 Å². The number of anilines is 1. The summed E-state index contributed by atoms with van der Waals surface area (Å²) < 4.78 is 27.5. The van der Waals surface area contributed by atoms with Gasteiger partial charge in [-0.25, -0.2) is 0 Å². The van der Waals surface area contributed by atoms with Crippen molar-refractivity contribution in [2.45, 2.75) is 37.5 Å². The Morgan fingerprint density at radius 1 is 1.07 bits per heavy atom. The third-order valence-corrected chi connectivity index (χ3v) is 5.99. The van der Waals surface area contributed by atoms with Gasteiger partial charge in [0.1, 0.15) is 0 Å². The number of halogens is 3. The molecule has 0 bridgehead atoms. The lowest BCUT2D eigenvalue weighted by molar-refractivity contribution is -0.146. The van der Waals surface area contributed by atoms with Gasteiger partial charge in [0, 0.05) is 30.6 Å². The largest absolute Gasteiger partial charge is 0.325 e. The molecule has 0 radical (unpaired) electrons. The Morgan fingerprint density at radius 3 is 2.50 bits per heavy atom. The zero-order chi connectivity index (χ0) is 21.5. The lowest BCUT2D eigenvalue weighted by Gasteiger charge is -2.32. The van der Waals surface area contributed by atoms with Gasteiger partial charge in [0.2, 0.25) is 11.8 Å². The van der Waals surface area contributed by atoms with Gasteiger partial charge in [-0.2, -0.15) is 8.78 Å². The van der Waals surface area contributed by atoms with Crippen molar-refractivity contribution in [1.29, 1.82) is 0 Å². The molecule has 1 atom stereocenters. The van der Waals surface area contributed by atoms with Crippen LogP contribution in [-0.4, -0.2) is 30.2 Å². The fourth-order valence-corrected chi connectivity index (χ4v) is 4.33. The monoisotopic (exact) mass is 432 g/mol. The zero-order valence-corrected chi connectivity index (χ0v) is 16.7. The molecule has 2 saturated heterocycles. The Morgan fingerprint density at radius 2 is 1.80 bits per heavy atom. The molecule has 5 nitrogen and oxygen atoms in total. The molecule has 8 heteroatoms. The molecule has 4 rings (SSSR count). The number of rotatable bonds is 3. The van der Waals surface area contributed by atoms with Gasteiger partial charge < -0.3 is 4.90 Å². The predicted octanol–water partition coefficient (Wildman–Crippen LogP) is 4.29. The molecule has 2 heterocycles. The van der Waals surface area contributed by atoms with E-state index in [0.29, 0.717) is 28.3 Å². The van der Waals surface area contributed by atoms with Gasteiger partial charge in [0.15, 0.2) is 0 Å². The summed E-state index contributed by atoms with van der Waals surface area (Å²) in [5.74, 6) is -5.69. The average molecular weight is 433 g/mol. The van der Waals surface area contributed by atoms with Crippen LogP contribution in [0.4, 0.5) is 14.5 Å². The van der Waals surface area contributed by atoms with Crippen LogP contribution < -0.4 is 10.2 Å². The molecule has 30 heavy (non-hydrogen) atoms. The van der Waals surface area contributed by atoms with Crippen molar-refractivity contribution in [3.63, 3.8) is 0 Å². The first-order valence-corrected chi connectivity index (χ1v) is 10.1. The van der Waals surface area contributed by atoms with Gasteiger partial charge >= 0.3 is 5.92 Å². The molecule has 156 valence electrons. The summed E-state index contributed by atoms with van der Waals surface area (Å²) in [5.41, 5.74) is 2.45. The molecule has 2 aliphatic rings. The molecule has 0 unspecified atom stereocenters. The number of imide groups is 1. The van der Waals surface area contributed by atoms with Gasteiger partial charge in [-0.05, 0) is 36.1 Å². The molecule has 1 N–H and O–H groups in total. The number of nitrogens with one attached hydrogen (secondary N) is 1. The van der Waals surface area contributed by atoms with Crippen LogP contribution in [0.25, 0.3) is 11.1 Å². The number of piperidine rings is 2. The van der Waals surface area contributed by atoms with Crippen molar-refractivity contribution in [3.8, 4) is 11.1 Å². The Balaban J connectivity index is 1.62. The van der Waals surface area contributed by atoms with Crippen molar-refractivity contribution < 1.29 is 23.2 Å². The average Bonchev–Trinajstić information content (AvgIpc) is 2.71. The highest BCUT2D eigenvalue weighted by Crippen LogP contribution is 2.38. The Hall–Kier alpha value is -2.80. The Labute approximate surface area is 177 Å².